The van der Waals surface area contributed by atoms with Gasteiger partial charge in [0.25, 0.3) is 0 Å². The number of hydrogen-bond acceptors (Lipinski definition) is 3. The van der Waals surface area contributed by atoms with Crippen LogP contribution in [0.1, 0.15) is 90.7 Å². The molecule has 1 atom stereocenters. The van der Waals surface area contributed by atoms with Gasteiger partial charge in [0.05, 0.1) is 11.1 Å². The SMILES string of the molecule is CCCCCCC1(C)C(/C=C/C=C2\N(NCCC)c3ccccc3C2(C)C)=[N+](CCCN)c2ccccc21.[CH3-]. The normalized spacial score (nSPS) is 20.6. The largest absolute Gasteiger partial charge is 0.358 e. The topological polar surface area (TPSA) is 44.3 Å². The molecule has 2 aliphatic rings. The lowest BCUT2D eigenvalue weighted by atomic mass is 9.75. The van der Waals surface area contributed by atoms with Crippen LogP contribution < -0.4 is 16.2 Å². The lowest BCUT2D eigenvalue weighted by Crippen LogP contribution is -2.38. The summed E-state index contributed by atoms with van der Waals surface area (Å²) in [5.41, 5.74) is 17.7. The van der Waals surface area contributed by atoms with Gasteiger partial charge in [-0.1, -0.05) is 95.9 Å². The van der Waals surface area contributed by atoms with E-state index in [0.29, 0.717) is 6.54 Å². The summed E-state index contributed by atoms with van der Waals surface area (Å²) in [7, 11) is 0. The summed E-state index contributed by atoms with van der Waals surface area (Å²) in [5.74, 6) is 0. The second kappa shape index (κ2) is 13.6. The highest BCUT2D eigenvalue weighted by Gasteiger charge is 2.47. The Morgan fingerprint density at radius 1 is 0.897 bits per heavy atom. The third-order valence-electron chi connectivity index (χ3n) is 8.49. The van der Waals surface area contributed by atoms with Gasteiger partial charge >= 0.3 is 0 Å². The molecular weight excluding hydrogens is 476 g/mol. The van der Waals surface area contributed by atoms with E-state index in [1.54, 1.807) is 0 Å². The summed E-state index contributed by atoms with van der Waals surface area (Å²) in [5, 5.41) is 2.31. The molecule has 4 heteroatoms. The number of unbranched alkanes of at least 4 members (excludes halogenated alkanes) is 3. The van der Waals surface area contributed by atoms with Gasteiger partial charge in [0.15, 0.2) is 12.3 Å². The van der Waals surface area contributed by atoms with Crippen molar-refractivity contribution in [2.45, 2.75) is 90.4 Å². The molecule has 2 aromatic rings. The van der Waals surface area contributed by atoms with Crippen LogP contribution in [0.2, 0.25) is 0 Å². The Morgan fingerprint density at radius 2 is 1.62 bits per heavy atom. The highest BCUT2D eigenvalue weighted by Crippen LogP contribution is 2.47. The van der Waals surface area contributed by atoms with Crippen molar-refractivity contribution in [3.8, 4) is 0 Å². The zero-order chi connectivity index (χ0) is 27.2. The van der Waals surface area contributed by atoms with Crippen LogP contribution in [0.15, 0.2) is 72.5 Å². The van der Waals surface area contributed by atoms with Crippen molar-refractivity contribution in [1.82, 2.24) is 5.43 Å². The number of hydrogen-bond donors (Lipinski definition) is 2. The molecule has 39 heavy (non-hydrogen) atoms. The van der Waals surface area contributed by atoms with E-state index in [-0.39, 0.29) is 18.3 Å². The minimum Gasteiger partial charge on any atom is -0.358 e. The van der Waals surface area contributed by atoms with E-state index >= 15 is 0 Å². The van der Waals surface area contributed by atoms with Gasteiger partial charge < -0.3 is 13.2 Å². The molecule has 0 aliphatic carbocycles. The smallest absolute Gasteiger partial charge is 0.209 e. The van der Waals surface area contributed by atoms with Crippen LogP contribution in [0.4, 0.5) is 11.4 Å². The summed E-state index contributed by atoms with van der Waals surface area (Å²) in [4.78, 5) is 0. The lowest BCUT2D eigenvalue weighted by molar-refractivity contribution is -0.437. The van der Waals surface area contributed by atoms with Crippen molar-refractivity contribution in [1.29, 1.82) is 0 Å². The van der Waals surface area contributed by atoms with Gasteiger partial charge in [0, 0.05) is 41.8 Å². The number of fused-ring (bicyclic) bond motifs is 2. The number of allylic oxidation sites excluding steroid dienone is 4. The van der Waals surface area contributed by atoms with Crippen molar-refractivity contribution in [3.63, 3.8) is 0 Å². The van der Waals surface area contributed by atoms with E-state index in [0.717, 1.165) is 25.9 Å². The van der Waals surface area contributed by atoms with E-state index in [4.69, 9.17) is 5.73 Å². The number of nitrogens with zero attached hydrogens (tertiary/aromatic N) is 2. The number of rotatable bonds is 13. The van der Waals surface area contributed by atoms with Crippen LogP contribution >= 0.6 is 0 Å². The molecule has 0 amide bonds. The average molecular weight is 529 g/mol. The lowest BCUT2D eigenvalue weighted by Gasteiger charge is -2.27. The highest BCUT2D eigenvalue weighted by molar-refractivity contribution is 6.03. The van der Waals surface area contributed by atoms with Gasteiger partial charge in [-0.2, -0.15) is 4.58 Å². The average Bonchev–Trinajstić information content (AvgIpc) is 3.29. The summed E-state index contributed by atoms with van der Waals surface area (Å²) in [6, 6.07) is 17.8. The van der Waals surface area contributed by atoms with Crippen LogP contribution in [0.5, 0.6) is 0 Å². The second-order valence-electron chi connectivity index (χ2n) is 11.6. The zero-order valence-corrected chi connectivity index (χ0v) is 25.4. The molecule has 3 N–H and O–H groups in total. The van der Waals surface area contributed by atoms with Crippen molar-refractivity contribution in [3.05, 3.63) is 91.0 Å². The first-order valence-electron chi connectivity index (χ1n) is 14.9. The monoisotopic (exact) mass is 528 g/mol. The molecule has 0 radical (unpaired) electrons. The number of anilines is 1. The number of hydrazine groups is 1. The van der Waals surface area contributed by atoms with E-state index in [9.17, 15) is 0 Å². The maximum Gasteiger partial charge on any atom is 0.209 e. The molecular formula is C35H52N4. The van der Waals surface area contributed by atoms with Crippen molar-refractivity contribution in [2.75, 3.05) is 24.6 Å². The van der Waals surface area contributed by atoms with Crippen LogP contribution in [-0.4, -0.2) is 29.9 Å². The van der Waals surface area contributed by atoms with Crippen molar-refractivity contribution < 1.29 is 4.58 Å². The molecule has 4 rings (SSSR count). The Hall–Kier alpha value is -2.69. The maximum absolute atomic E-state index is 5.99. The molecule has 0 saturated carbocycles. The molecule has 1 unspecified atom stereocenters. The number of para-hydroxylation sites is 2. The molecule has 2 aliphatic heterocycles. The van der Waals surface area contributed by atoms with Crippen LogP contribution in [-0.2, 0) is 10.8 Å². The first-order chi connectivity index (χ1) is 18.4. The standard InChI is InChI=1S/C34H49N4.CH3/c1-6-8-9-14-23-34(5)28-18-11-12-19-29(28)37(26-16-24-35)32(34)22-15-21-31-33(3,4)27-17-10-13-20-30(27)38(31)36-25-7-2;/h10-13,15,17-22,36H,6-9,14,16,23-26,35H2,1-5H3;1H3/q+1;-1. The summed E-state index contributed by atoms with van der Waals surface area (Å²) < 4.78 is 2.54. The first kappa shape index (κ1) is 30.8. The molecule has 0 spiro atoms. The summed E-state index contributed by atoms with van der Waals surface area (Å²) >= 11 is 0. The minimum atomic E-state index is -0.0757. The van der Waals surface area contributed by atoms with E-state index in [2.05, 4.69) is 116 Å². The molecule has 0 fully saturated rings. The van der Waals surface area contributed by atoms with E-state index < -0.39 is 0 Å². The quantitative estimate of drug-likeness (QED) is 0.157. The zero-order valence-electron chi connectivity index (χ0n) is 25.4. The number of nitrogens with two attached hydrogens (primary N) is 1. The fourth-order valence-corrected chi connectivity index (χ4v) is 6.33. The van der Waals surface area contributed by atoms with Crippen LogP contribution in [0, 0.1) is 7.43 Å². The van der Waals surface area contributed by atoms with Crippen LogP contribution in [0.3, 0.4) is 0 Å². The third-order valence-corrected chi connectivity index (χ3v) is 8.49. The van der Waals surface area contributed by atoms with Crippen molar-refractivity contribution >= 4 is 17.1 Å². The Kier molecular flexibility index (Phi) is 10.7. The van der Waals surface area contributed by atoms with Gasteiger partial charge in [-0.3, -0.25) is 5.01 Å². The Bertz CT molecular complexity index is 1190. The fourth-order valence-electron chi connectivity index (χ4n) is 6.33. The van der Waals surface area contributed by atoms with Gasteiger partial charge in [0.2, 0.25) is 5.69 Å². The summed E-state index contributed by atoms with van der Waals surface area (Å²) in [6.45, 7) is 14.2. The van der Waals surface area contributed by atoms with E-state index in [1.165, 1.54) is 66.0 Å². The predicted molar refractivity (Wildman–Crippen MR) is 170 cm³/mol. The number of benzene rings is 2. The highest BCUT2D eigenvalue weighted by atomic mass is 15.5. The second-order valence-corrected chi connectivity index (χ2v) is 11.6. The van der Waals surface area contributed by atoms with Gasteiger partial charge in [-0.05, 0) is 44.0 Å². The van der Waals surface area contributed by atoms with Gasteiger partial charge in [0.1, 0.15) is 0 Å². The molecule has 212 valence electrons. The third kappa shape index (κ3) is 6.07. The van der Waals surface area contributed by atoms with Crippen molar-refractivity contribution in [2.24, 2.45) is 5.73 Å². The minimum absolute atomic E-state index is 0. The Balaban J connectivity index is 0.00000420. The Labute approximate surface area is 238 Å². The van der Waals surface area contributed by atoms with E-state index in [1.807, 2.05) is 0 Å². The maximum atomic E-state index is 5.99. The fraction of sp³-hybridized carbons (Fsp3) is 0.486. The molecule has 2 heterocycles. The Morgan fingerprint density at radius 3 is 2.33 bits per heavy atom. The van der Waals surface area contributed by atoms with Gasteiger partial charge in [-0.25, -0.2) is 5.43 Å². The molecule has 0 saturated heterocycles. The summed E-state index contributed by atoms with van der Waals surface area (Å²) in [6.07, 6.45) is 15.4. The predicted octanol–water partition coefficient (Wildman–Crippen LogP) is 7.96. The molecule has 2 aromatic carbocycles. The van der Waals surface area contributed by atoms with Crippen LogP contribution in [0.25, 0.3) is 0 Å². The first-order valence-corrected chi connectivity index (χ1v) is 14.9. The molecule has 0 bridgehead atoms. The molecule has 4 nitrogen and oxygen atoms in total. The number of nitrogens with one attached hydrogen (secondary N) is 1. The molecule has 0 aromatic heterocycles. The van der Waals surface area contributed by atoms with Gasteiger partial charge in [-0.15, -0.1) is 0 Å².